The smallest absolute Gasteiger partial charge is 0.101 e. The van der Waals surface area contributed by atoms with Crippen LogP contribution in [0.4, 0.5) is 5.69 Å². The SMILES string of the molecule is CN(C)[C@H]1CCCN(c2ccc(C#N)c(Cl)c2)C1. The molecule has 0 aliphatic carbocycles. The van der Waals surface area contributed by atoms with Gasteiger partial charge in [-0.2, -0.15) is 5.26 Å². The molecule has 0 saturated carbocycles. The third kappa shape index (κ3) is 2.77. The number of nitrogens with zero attached hydrogens (tertiary/aromatic N) is 3. The minimum Gasteiger partial charge on any atom is -0.370 e. The van der Waals surface area contributed by atoms with Gasteiger partial charge >= 0.3 is 0 Å². The molecule has 0 unspecified atom stereocenters. The number of anilines is 1. The molecular weight excluding hydrogens is 246 g/mol. The quantitative estimate of drug-likeness (QED) is 0.822. The van der Waals surface area contributed by atoms with Crippen LogP contribution in [0.25, 0.3) is 0 Å². The molecule has 18 heavy (non-hydrogen) atoms. The maximum Gasteiger partial charge on any atom is 0.101 e. The maximum atomic E-state index is 8.88. The van der Waals surface area contributed by atoms with E-state index in [0.717, 1.165) is 18.8 Å². The van der Waals surface area contributed by atoms with Crippen LogP contribution >= 0.6 is 11.6 Å². The molecule has 1 atom stereocenters. The Hall–Kier alpha value is -1.24. The average molecular weight is 264 g/mol. The summed E-state index contributed by atoms with van der Waals surface area (Å²) in [6, 6.07) is 8.38. The number of rotatable bonds is 2. The summed E-state index contributed by atoms with van der Waals surface area (Å²) in [5, 5.41) is 9.42. The molecular formula is C14H18ClN3. The van der Waals surface area contributed by atoms with Crippen LogP contribution in [-0.2, 0) is 0 Å². The highest BCUT2D eigenvalue weighted by Gasteiger charge is 2.21. The van der Waals surface area contributed by atoms with Gasteiger partial charge in [-0.05, 0) is 45.1 Å². The van der Waals surface area contributed by atoms with Crippen LogP contribution in [0.15, 0.2) is 18.2 Å². The van der Waals surface area contributed by atoms with Crippen LogP contribution in [-0.4, -0.2) is 38.1 Å². The fourth-order valence-corrected chi connectivity index (χ4v) is 2.62. The number of benzene rings is 1. The zero-order chi connectivity index (χ0) is 13.1. The first-order valence-corrected chi connectivity index (χ1v) is 6.60. The summed E-state index contributed by atoms with van der Waals surface area (Å²) >= 11 is 6.09. The first-order valence-electron chi connectivity index (χ1n) is 6.23. The molecule has 0 amide bonds. The lowest BCUT2D eigenvalue weighted by Crippen LogP contribution is -2.45. The molecule has 1 aliphatic heterocycles. The predicted molar refractivity (Wildman–Crippen MR) is 75.1 cm³/mol. The van der Waals surface area contributed by atoms with Crippen molar-refractivity contribution in [2.24, 2.45) is 0 Å². The van der Waals surface area contributed by atoms with Crippen molar-refractivity contribution in [3.8, 4) is 6.07 Å². The number of hydrogen-bond donors (Lipinski definition) is 0. The van der Waals surface area contributed by atoms with Gasteiger partial charge in [-0.1, -0.05) is 11.6 Å². The van der Waals surface area contributed by atoms with Gasteiger partial charge in [0.15, 0.2) is 0 Å². The Kier molecular flexibility index (Phi) is 4.11. The number of hydrogen-bond acceptors (Lipinski definition) is 3. The van der Waals surface area contributed by atoms with Gasteiger partial charge < -0.3 is 9.80 Å². The Bertz CT molecular complexity index is 465. The summed E-state index contributed by atoms with van der Waals surface area (Å²) < 4.78 is 0. The van der Waals surface area contributed by atoms with Crippen molar-refractivity contribution in [1.29, 1.82) is 5.26 Å². The van der Waals surface area contributed by atoms with Gasteiger partial charge in [0, 0.05) is 24.8 Å². The van der Waals surface area contributed by atoms with E-state index in [2.05, 4.69) is 30.0 Å². The summed E-state index contributed by atoms with van der Waals surface area (Å²) in [5.74, 6) is 0. The lowest BCUT2D eigenvalue weighted by atomic mass is 10.0. The van der Waals surface area contributed by atoms with Gasteiger partial charge in [-0.3, -0.25) is 0 Å². The molecule has 0 spiro atoms. The molecule has 0 aromatic heterocycles. The second-order valence-corrected chi connectivity index (χ2v) is 5.39. The zero-order valence-electron chi connectivity index (χ0n) is 10.9. The molecule has 0 bridgehead atoms. The molecule has 0 radical (unpaired) electrons. The lowest BCUT2D eigenvalue weighted by molar-refractivity contribution is 0.258. The van der Waals surface area contributed by atoms with Gasteiger partial charge in [0.25, 0.3) is 0 Å². The summed E-state index contributed by atoms with van der Waals surface area (Å²) in [7, 11) is 4.25. The Morgan fingerprint density at radius 3 is 2.83 bits per heavy atom. The first kappa shape index (κ1) is 13.2. The number of likely N-dealkylation sites (N-methyl/N-ethyl adjacent to an activating group) is 1. The fraction of sp³-hybridized carbons (Fsp3) is 0.500. The topological polar surface area (TPSA) is 30.3 Å². The minimum atomic E-state index is 0.543. The fourth-order valence-electron chi connectivity index (χ4n) is 2.40. The number of halogens is 1. The first-order chi connectivity index (χ1) is 8.61. The summed E-state index contributed by atoms with van der Waals surface area (Å²) in [6.45, 7) is 2.09. The van der Waals surface area contributed by atoms with E-state index in [0.29, 0.717) is 16.6 Å². The van der Waals surface area contributed by atoms with Crippen LogP contribution in [0.1, 0.15) is 18.4 Å². The summed E-state index contributed by atoms with van der Waals surface area (Å²) in [5.41, 5.74) is 1.66. The molecule has 1 heterocycles. The molecule has 1 fully saturated rings. The van der Waals surface area contributed by atoms with E-state index in [1.54, 1.807) is 6.07 Å². The highest BCUT2D eigenvalue weighted by atomic mass is 35.5. The average Bonchev–Trinajstić information content (AvgIpc) is 2.38. The second kappa shape index (κ2) is 5.60. The van der Waals surface area contributed by atoms with Crippen molar-refractivity contribution in [3.05, 3.63) is 28.8 Å². The zero-order valence-corrected chi connectivity index (χ0v) is 11.6. The van der Waals surface area contributed by atoms with Crippen molar-refractivity contribution in [1.82, 2.24) is 4.90 Å². The van der Waals surface area contributed by atoms with E-state index in [1.165, 1.54) is 12.8 Å². The van der Waals surface area contributed by atoms with E-state index in [9.17, 15) is 0 Å². The number of piperidine rings is 1. The van der Waals surface area contributed by atoms with Gasteiger partial charge in [0.2, 0.25) is 0 Å². The normalized spacial score (nSPS) is 19.9. The van der Waals surface area contributed by atoms with Gasteiger partial charge in [-0.25, -0.2) is 0 Å². The molecule has 96 valence electrons. The monoisotopic (exact) mass is 263 g/mol. The molecule has 1 saturated heterocycles. The van der Waals surface area contributed by atoms with E-state index >= 15 is 0 Å². The largest absolute Gasteiger partial charge is 0.370 e. The van der Waals surface area contributed by atoms with Gasteiger partial charge in [-0.15, -0.1) is 0 Å². The van der Waals surface area contributed by atoms with Crippen molar-refractivity contribution in [3.63, 3.8) is 0 Å². The predicted octanol–water partition coefficient (Wildman–Crippen LogP) is 2.74. The third-order valence-corrected chi connectivity index (χ3v) is 3.88. The lowest BCUT2D eigenvalue weighted by Gasteiger charge is -2.37. The molecule has 3 nitrogen and oxygen atoms in total. The second-order valence-electron chi connectivity index (χ2n) is 4.98. The van der Waals surface area contributed by atoms with Crippen molar-refractivity contribution < 1.29 is 0 Å². The maximum absolute atomic E-state index is 8.88. The highest BCUT2D eigenvalue weighted by molar-refractivity contribution is 6.32. The van der Waals surface area contributed by atoms with E-state index in [1.807, 2.05) is 12.1 Å². The van der Waals surface area contributed by atoms with Gasteiger partial charge in [0.1, 0.15) is 6.07 Å². The molecule has 0 N–H and O–H groups in total. The van der Waals surface area contributed by atoms with E-state index < -0.39 is 0 Å². The van der Waals surface area contributed by atoms with Crippen LogP contribution in [0.2, 0.25) is 5.02 Å². The number of nitriles is 1. The minimum absolute atomic E-state index is 0.543. The summed E-state index contributed by atoms with van der Waals surface area (Å²) in [6.07, 6.45) is 2.44. The molecule has 1 aliphatic rings. The highest BCUT2D eigenvalue weighted by Crippen LogP contribution is 2.26. The molecule has 2 rings (SSSR count). The van der Waals surface area contributed by atoms with Crippen LogP contribution < -0.4 is 4.90 Å². The summed E-state index contributed by atoms with van der Waals surface area (Å²) in [4.78, 5) is 4.62. The molecule has 1 aromatic carbocycles. The third-order valence-electron chi connectivity index (χ3n) is 3.57. The molecule has 1 aromatic rings. The Labute approximate surface area is 114 Å². The van der Waals surface area contributed by atoms with Crippen LogP contribution in [0.5, 0.6) is 0 Å². The van der Waals surface area contributed by atoms with Crippen LogP contribution in [0.3, 0.4) is 0 Å². The Morgan fingerprint density at radius 1 is 1.44 bits per heavy atom. The van der Waals surface area contributed by atoms with Crippen molar-refractivity contribution in [2.75, 3.05) is 32.1 Å². The van der Waals surface area contributed by atoms with E-state index in [4.69, 9.17) is 16.9 Å². The van der Waals surface area contributed by atoms with Crippen molar-refractivity contribution in [2.45, 2.75) is 18.9 Å². The van der Waals surface area contributed by atoms with E-state index in [-0.39, 0.29) is 0 Å². The molecule has 4 heteroatoms. The Morgan fingerprint density at radius 2 is 2.22 bits per heavy atom. The van der Waals surface area contributed by atoms with Gasteiger partial charge in [0.05, 0.1) is 10.6 Å². The Balaban J connectivity index is 2.16. The van der Waals surface area contributed by atoms with Crippen LogP contribution in [0, 0.1) is 11.3 Å². The standard InChI is InChI=1S/C14H18ClN3/c1-17(2)13-4-3-7-18(10-13)12-6-5-11(9-16)14(15)8-12/h5-6,8,13H,3-4,7,10H2,1-2H3/t13-/m0/s1. The van der Waals surface area contributed by atoms with Crippen molar-refractivity contribution >= 4 is 17.3 Å².